The van der Waals surface area contributed by atoms with Crippen LogP contribution in [0.3, 0.4) is 0 Å². The average molecular weight is 387 g/mol. The van der Waals surface area contributed by atoms with Gasteiger partial charge in [0.1, 0.15) is 0 Å². The minimum Gasteiger partial charge on any atom is -0.378 e. The summed E-state index contributed by atoms with van der Waals surface area (Å²) in [6.07, 6.45) is 1.66. The van der Waals surface area contributed by atoms with Gasteiger partial charge in [-0.3, -0.25) is 4.79 Å². The molecule has 1 fully saturated rings. The van der Waals surface area contributed by atoms with Crippen LogP contribution in [0.5, 0.6) is 0 Å². The second-order valence-electron chi connectivity index (χ2n) is 6.75. The number of rotatable bonds is 6. The standard InChI is InChI=1S/C22H27ClN2O2/c1-3-17-13-20(25-9-11-27-12-10-25)14-18(4-2)21(17)22(26)24-15-16-5-7-19(23)8-6-16/h5-8,13-14H,3-4,9-12,15H2,1-2H3,(H,24,26). The van der Waals surface area contributed by atoms with Crippen LogP contribution in [0.25, 0.3) is 0 Å². The molecule has 0 unspecified atom stereocenters. The number of hydrogen-bond acceptors (Lipinski definition) is 3. The molecule has 1 N–H and O–H groups in total. The minimum absolute atomic E-state index is 0.00724. The fraction of sp³-hybridized carbons (Fsp3) is 0.409. The number of hydrogen-bond donors (Lipinski definition) is 1. The molecule has 1 aliphatic heterocycles. The summed E-state index contributed by atoms with van der Waals surface area (Å²) in [5.41, 5.74) is 5.26. The van der Waals surface area contributed by atoms with Crippen molar-refractivity contribution in [1.29, 1.82) is 0 Å². The Hall–Kier alpha value is -2.04. The van der Waals surface area contributed by atoms with Crippen molar-refractivity contribution in [1.82, 2.24) is 5.32 Å². The third-order valence-corrected chi connectivity index (χ3v) is 5.27. The van der Waals surface area contributed by atoms with Crippen LogP contribution in [0.15, 0.2) is 36.4 Å². The van der Waals surface area contributed by atoms with Crippen molar-refractivity contribution >= 4 is 23.2 Å². The Bertz CT molecular complexity index is 758. The van der Waals surface area contributed by atoms with E-state index < -0.39 is 0 Å². The van der Waals surface area contributed by atoms with Gasteiger partial charge < -0.3 is 15.0 Å². The number of morpholine rings is 1. The van der Waals surface area contributed by atoms with Gasteiger partial charge in [-0.2, -0.15) is 0 Å². The SMILES string of the molecule is CCc1cc(N2CCOCC2)cc(CC)c1C(=O)NCc1ccc(Cl)cc1. The first kappa shape index (κ1) is 19.7. The predicted octanol–water partition coefficient (Wildman–Crippen LogP) is 4.23. The van der Waals surface area contributed by atoms with Crippen LogP contribution in [-0.2, 0) is 24.1 Å². The van der Waals surface area contributed by atoms with Crippen LogP contribution in [0.4, 0.5) is 5.69 Å². The van der Waals surface area contributed by atoms with Crippen LogP contribution in [0, 0.1) is 0 Å². The first-order valence-corrected chi connectivity index (χ1v) is 10.0. The Morgan fingerprint density at radius 1 is 1.07 bits per heavy atom. The summed E-state index contributed by atoms with van der Waals surface area (Å²) in [4.78, 5) is 15.3. The Balaban J connectivity index is 1.82. The summed E-state index contributed by atoms with van der Waals surface area (Å²) >= 11 is 5.93. The van der Waals surface area contributed by atoms with Gasteiger partial charge in [0.2, 0.25) is 0 Å². The monoisotopic (exact) mass is 386 g/mol. The first-order chi connectivity index (χ1) is 13.1. The van der Waals surface area contributed by atoms with E-state index in [0.29, 0.717) is 11.6 Å². The summed E-state index contributed by atoms with van der Waals surface area (Å²) in [5.74, 6) is -0.00724. The lowest BCUT2D eigenvalue weighted by atomic mass is 9.95. The van der Waals surface area contributed by atoms with Crippen molar-refractivity contribution in [2.24, 2.45) is 0 Å². The normalized spacial score (nSPS) is 14.3. The molecule has 1 aliphatic rings. The molecule has 1 saturated heterocycles. The molecule has 0 spiro atoms. The van der Waals surface area contributed by atoms with Gasteiger partial charge in [0.25, 0.3) is 5.91 Å². The molecule has 1 heterocycles. The lowest BCUT2D eigenvalue weighted by Crippen LogP contribution is -2.36. The number of carbonyl (C=O) groups excluding carboxylic acids is 1. The molecule has 3 rings (SSSR count). The number of halogens is 1. The number of aryl methyl sites for hydroxylation is 2. The van der Waals surface area contributed by atoms with Gasteiger partial charge in [0, 0.05) is 35.9 Å². The number of anilines is 1. The van der Waals surface area contributed by atoms with Gasteiger partial charge in [0.15, 0.2) is 0 Å². The molecular formula is C22H27ClN2O2. The van der Waals surface area contributed by atoms with E-state index in [9.17, 15) is 4.79 Å². The quantitative estimate of drug-likeness (QED) is 0.807. The summed E-state index contributed by atoms with van der Waals surface area (Å²) < 4.78 is 5.46. The van der Waals surface area contributed by atoms with Gasteiger partial charge in [-0.15, -0.1) is 0 Å². The molecule has 0 atom stereocenters. The van der Waals surface area contributed by atoms with Crippen LogP contribution in [0.1, 0.15) is 40.9 Å². The van der Waals surface area contributed by atoms with Gasteiger partial charge in [-0.05, 0) is 53.8 Å². The fourth-order valence-electron chi connectivity index (χ4n) is 3.48. The number of amides is 1. The largest absolute Gasteiger partial charge is 0.378 e. The minimum atomic E-state index is -0.00724. The van der Waals surface area contributed by atoms with Crippen molar-refractivity contribution in [3.8, 4) is 0 Å². The maximum atomic E-state index is 13.0. The van der Waals surface area contributed by atoms with E-state index in [-0.39, 0.29) is 5.91 Å². The number of carbonyl (C=O) groups is 1. The topological polar surface area (TPSA) is 41.6 Å². The highest BCUT2D eigenvalue weighted by atomic mass is 35.5. The Kier molecular flexibility index (Phi) is 6.75. The van der Waals surface area contributed by atoms with Crippen molar-refractivity contribution in [3.63, 3.8) is 0 Å². The van der Waals surface area contributed by atoms with Crippen molar-refractivity contribution in [2.45, 2.75) is 33.2 Å². The third-order valence-electron chi connectivity index (χ3n) is 5.02. The molecule has 0 aromatic heterocycles. The zero-order valence-electron chi connectivity index (χ0n) is 16.1. The second kappa shape index (κ2) is 9.25. The molecule has 2 aromatic rings. The van der Waals surface area contributed by atoms with Crippen LogP contribution < -0.4 is 10.2 Å². The molecule has 144 valence electrons. The lowest BCUT2D eigenvalue weighted by molar-refractivity contribution is 0.0949. The third kappa shape index (κ3) is 4.82. The summed E-state index contributed by atoms with van der Waals surface area (Å²) in [5, 5.41) is 3.77. The fourth-order valence-corrected chi connectivity index (χ4v) is 3.60. The van der Waals surface area contributed by atoms with E-state index in [1.165, 1.54) is 5.69 Å². The van der Waals surface area contributed by atoms with E-state index >= 15 is 0 Å². The molecule has 0 bridgehead atoms. The summed E-state index contributed by atoms with van der Waals surface area (Å²) in [7, 11) is 0. The van der Waals surface area contributed by atoms with Crippen molar-refractivity contribution in [3.05, 3.63) is 63.7 Å². The van der Waals surface area contributed by atoms with Crippen molar-refractivity contribution < 1.29 is 9.53 Å². The van der Waals surface area contributed by atoms with E-state index in [0.717, 1.165) is 61.4 Å². The molecule has 27 heavy (non-hydrogen) atoms. The van der Waals surface area contributed by atoms with Crippen LogP contribution in [0.2, 0.25) is 5.02 Å². The van der Waals surface area contributed by atoms with E-state index in [2.05, 4.69) is 36.2 Å². The Morgan fingerprint density at radius 2 is 1.67 bits per heavy atom. The number of ether oxygens (including phenoxy) is 1. The number of benzene rings is 2. The summed E-state index contributed by atoms with van der Waals surface area (Å²) in [6, 6.07) is 11.9. The van der Waals surface area contributed by atoms with Crippen LogP contribution >= 0.6 is 11.6 Å². The van der Waals surface area contributed by atoms with Crippen LogP contribution in [-0.4, -0.2) is 32.2 Å². The molecule has 0 radical (unpaired) electrons. The molecule has 1 amide bonds. The van der Waals surface area contributed by atoms with Gasteiger partial charge in [-0.25, -0.2) is 0 Å². The molecular weight excluding hydrogens is 360 g/mol. The molecule has 4 nitrogen and oxygen atoms in total. The average Bonchev–Trinajstić information content (AvgIpc) is 2.72. The second-order valence-corrected chi connectivity index (χ2v) is 7.19. The molecule has 0 saturated carbocycles. The van der Waals surface area contributed by atoms with Gasteiger partial charge in [0.05, 0.1) is 13.2 Å². The zero-order chi connectivity index (χ0) is 19.2. The van der Waals surface area contributed by atoms with Crippen molar-refractivity contribution in [2.75, 3.05) is 31.2 Å². The number of nitrogens with one attached hydrogen (secondary N) is 1. The maximum absolute atomic E-state index is 13.0. The highest BCUT2D eigenvalue weighted by molar-refractivity contribution is 6.30. The first-order valence-electron chi connectivity index (χ1n) is 9.63. The van der Waals surface area contributed by atoms with Gasteiger partial charge in [-0.1, -0.05) is 37.6 Å². The zero-order valence-corrected chi connectivity index (χ0v) is 16.8. The molecule has 2 aromatic carbocycles. The number of nitrogens with zero attached hydrogens (tertiary/aromatic N) is 1. The van der Waals surface area contributed by atoms with E-state index in [1.54, 1.807) is 0 Å². The lowest BCUT2D eigenvalue weighted by Gasteiger charge is -2.30. The maximum Gasteiger partial charge on any atom is 0.252 e. The molecule has 5 heteroatoms. The smallest absolute Gasteiger partial charge is 0.252 e. The highest BCUT2D eigenvalue weighted by Crippen LogP contribution is 2.26. The van der Waals surface area contributed by atoms with Gasteiger partial charge >= 0.3 is 0 Å². The van der Waals surface area contributed by atoms with E-state index in [4.69, 9.17) is 16.3 Å². The molecule has 0 aliphatic carbocycles. The van der Waals surface area contributed by atoms with E-state index in [1.807, 2.05) is 24.3 Å². The highest BCUT2D eigenvalue weighted by Gasteiger charge is 2.19. The predicted molar refractivity (Wildman–Crippen MR) is 111 cm³/mol. The Labute approximate surface area is 166 Å². The Morgan fingerprint density at radius 3 is 2.22 bits per heavy atom. The summed E-state index contributed by atoms with van der Waals surface area (Å²) in [6.45, 7) is 8.01.